The molecule has 12 heteroatoms. The van der Waals surface area contributed by atoms with Crippen molar-refractivity contribution in [2.75, 3.05) is 13.2 Å². The smallest absolute Gasteiger partial charge is 0.208 e. The molecule has 5 aliphatic heterocycles. The molecular weight excluding hydrogens is 672 g/mol. The van der Waals surface area contributed by atoms with Crippen LogP contribution >= 0.6 is 0 Å². The zero-order valence-corrected chi connectivity index (χ0v) is 30.6. The Labute approximate surface area is 303 Å². The average Bonchev–Trinajstić information content (AvgIpc) is 3.27. The lowest BCUT2D eigenvalue weighted by atomic mass is 9.35. The van der Waals surface area contributed by atoms with Crippen LogP contribution in [0.2, 0.25) is 0 Å². The minimum atomic E-state index is -2.44. The quantitative estimate of drug-likeness (QED) is 0.175. The van der Waals surface area contributed by atoms with E-state index in [4.69, 9.17) is 14.2 Å². The van der Waals surface area contributed by atoms with Crippen LogP contribution in [-0.2, 0) is 19.0 Å². The average molecular weight is 729 g/mol. The summed E-state index contributed by atoms with van der Waals surface area (Å²) in [4.78, 5) is 15.8. The minimum absolute atomic E-state index is 0.0165. The molecule has 8 bridgehead atoms. The van der Waals surface area contributed by atoms with E-state index in [1.807, 2.05) is 13.8 Å². The number of fused-ring (bicyclic) bond motifs is 6. The molecule has 7 saturated carbocycles. The Balaban J connectivity index is 1.08. The van der Waals surface area contributed by atoms with Crippen molar-refractivity contribution in [2.24, 2.45) is 68.0 Å². The lowest BCUT2D eigenvalue weighted by molar-refractivity contribution is -0.467. The van der Waals surface area contributed by atoms with Crippen LogP contribution < -0.4 is 0 Å². The Morgan fingerprint density at radius 2 is 1.13 bits per heavy atom. The highest BCUT2D eigenvalue weighted by Crippen LogP contribution is 2.82. The lowest BCUT2D eigenvalue weighted by Crippen LogP contribution is -2.85. The third kappa shape index (κ3) is 2.91. The van der Waals surface area contributed by atoms with Gasteiger partial charge in [-0.3, -0.25) is 4.79 Å². The molecule has 12 nitrogen and oxygen atoms in total. The van der Waals surface area contributed by atoms with E-state index in [-0.39, 0.29) is 25.4 Å². The second-order valence-electron chi connectivity index (χ2n) is 20.9. The summed E-state index contributed by atoms with van der Waals surface area (Å²) in [5, 5.41) is 99.2. The maximum Gasteiger partial charge on any atom is 0.208 e. The highest BCUT2D eigenvalue weighted by Gasteiger charge is 2.92. The lowest BCUT2D eigenvalue weighted by Gasteiger charge is -2.75. The fourth-order valence-electron chi connectivity index (χ4n) is 17.4. The predicted molar refractivity (Wildman–Crippen MR) is 178 cm³/mol. The summed E-state index contributed by atoms with van der Waals surface area (Å²) in [6.07, 6.45) is -2.94. The first-order valence-corrected chi connectivity index (χ1v) is 20.1. The number of aliphatic hydroxyl groups excluding tert-OH is 6. The predicted octanol–water partition coefficient (Wildman–Crippen LogP) is 0.887. The Hall–Kier alpha value is -1.19. The van der Waals surface area contributed by atoms with E-state index in [1.54, 1.807) is 0 Å². The van der Waals surface area contributed by atoms with Gasteiger partial charge in [-0.15, -0.1) is 0 Å². The second-order valence-corrected chi connectivity index (χ2v) is 20.9. The van der Waals surface area contributed by atoms with Gasteiger partial charge in [-0.1, -0.05) is 27.7 Å². The van der Waals surface area contributed by atoms with Crippen LogP contribution in [0, 0.1) is 68.0 Å². The molecule has 0 aromatic carbocycles. The molecule has 8 N–H and O–H groups in total. The molecule has 1 unspecified atom stereocenters. The molecule has 8 aliphatic carbocycles. The molecule has 0 radical (unpaired) electrons. The largest absolute Gasteiger partial charge is 0.483 e. The number of Topliss-reactive ketones (excluding diaryl/α,β-unsaturated/α-hetero) is 1. The first kappa shape index (κ1) is 34.1. The summed E-state index contributed by atoms with van der Waals surface area (Å²) < 4.78 is 19.8. The number of hydrogen-bond acceptors (Lipinski definition) is 12. The van der Waals surface area contributed by atoms with Crippen LogP contribution in [0.1, 0.15) is 91.9 Å². The summed E-state index contributed by atoms with van der Waals surface area (Å²) >= 11 is 0. The number of ketones is 1. The van der Waals surface area contributed by atoms with E-state index in [0.717, 1.165) is 5.57 Å². The SMILES string of the molecule is CC1(C)CC[C@H](O)[C@]23CO[C@](O)([C@@H](O)[C@H]12)[C@]12C4=C(CC[C@@]5(O4)C(=O)[C@]46[C@H](O)[C@H]5CC[C@H]4[C@@]45CO[C@]6(O)[C@@H](O)[C@@H]4C(C)(C)CC[C@@H]5O)[C@H](CCC31)[C@H]2O. The van der Waals surface area contributed by atoms with Crippen molar-refractivity contribution in [3.63, 3.8) is 0 Å². The van der Waals surface area contributed by atoms with Crippen molar-refractivity contribution in [2.45, 2.75) is 146 Å². The van der Waals surface area contributed by atoms with E-state index in [1.165, 1.54) is 0 Å². The Morgan fingerprint density at radius 3 is 1.71 bits per heavy atom. The highest BCUT2D eigenvalue weighted by molar-refractivity contribution is 5.99. The number of carbonyl (C=O) groups is 1. The van der Waals surface area contributed by atoms with E-state index in [0.29, 0.717) is 57.8 Å². The molecule has 4 saturated heterocycles. The maximum atomic E-state index is 15.8. The number of rotatable bonds is 0. The fraction of sp³-hybridized carbons (Fsp3) is 0.925. The van der Waals surface area contributed by atoms with Gasteiger partial charge in [0.15, 0.2) is 11.4 Å². The Kier molecular flexibility index (Phi) is 6.11. The van der Waals surface area contributed by atoms with Crippen molar-refractivity contribution in [1.82, 2.24) is 0 Å². The van der Waals surface area contributed by atoms with Gasteiger partial charge in [-0.25, -0.2) is 0 Å². The number of ether oxygens (including phenoxy) is 3. The summed E-state index contributed by atoms with van der Waals surface area (Å²) in [7, 11) is 0. The molecule has 0 aromatic heterocycles. The van der Waals surface area contributed by atoms with Crippen molar-refractivity contribution in [3.8, 4) is 0 Å². The molecule has 5 heterocycles. The third-order valence-corrected chi connectivity index (χ3v) is 19.1. The molecule has 11 fully saturated rings. The standard InChI is InChI=1S/C40H56O12/c1-32(2)12-10-22(41)34-15-50-39(48,28(45)24(32)34)37-20(34)7-5-17(26(37)43)18-9-14-36(52-30(18)37)19-6-8-21-35-16-51-40(49,38(21,27(19)44)31(36)47)29(46)25(35)33(3,4)13-11-23(35)42/h17,19-29,41-46,48-49H,5-16H2,1-4H3/t17-,19+,20?,21-,22-,23-,24+,25+,26+,27+,28-,29-,34+,35+,36-,37+,38+,39+,40+/m0/s1. The number of carbonyl (C=O) groups excluding carboxylic acids is 1. The Bertz CT molecular complexity index is 1710. The van der Waals surface area contributed by atoms with E-state index in [2.05, 4.69) is 13.8 Å². The van der Waals surface area contributed by atoms with Crippen molar-refractivity contribution in [3.05, 3.63) is 11.3 Å². The van der Waals surface area contributed by atoms with Crippen LogP contribution in [-0.4, -0.2) is 114 Å². The molecular formula is C40H56O12. The molecule has 288 valence electrons. The van der Waals surface area contributed by atoms with Crippen LogP contribution in [0.15, 0.2) is 11.3 Å². The monoisotopic (exact) mass is 728 g/mol. The molecule has 0 amide bonds. The van der Waals surface area contributed by atoms with Gasteiger partial charge in [0.2, 0.25) is 11.6 Å². The van der Waals surface area contributed by atoms with Crippen molar-refractivity contribution < 1.29 is 59.9 Å². The van der Waals surface area contributed by atoms with Crippen LogP contribution in [0.25, 0.3) is 0 Å². The maximum absolute atomic E-state index is 15.8. The number of aliphatic hydroxyl groups is 8. The number of hydrogen-bond donors (Lipinski definition) is 8. The van der Waals surface area contributed by atoms with Gasteiger partial charge in [0, 0.05) is 34.5 Å². The van der Waals surface area contributed by atoms with Crippen molar-refractivity contribution in [1.29, 1.82) is 0 Å². The van der Waals surface area contributed by atoms with E-state index >= 15 is 4.79 Å². The van der Waals surface area contributed by atoms with Gasteiger partial charge in [0.05, 0.1) is 37.6 Å². The van der Waals surface area contributed by atoms with Gasteiger partial charge in [0.1, 0.15) is 28.8 Å². The topological polar surface area (TPSA) is 207 Å². The summed E-state index contributed by atoms with van der Waals surface area (Å²) in [6, 6.07) is 0. The van der Waals surface area contributed by atoms with Gasteiger partial charge in [0.25, 0.3) is 0 Å². The second kappa shape index (κ2) is 9.32. The van der Waals surface area contributed by atoms with Gasteiger partial charge < -0.3 is 55.1 Å². The van der Waals surface area contributed by atoms with Crippen molar-refractivity contribution >= 4 is 5.78 Å². The molecule has 13 rings (SSSR count). The zero-order chi connectivity index (χ0) is 36.8. The fourth-order valence-corrected chi connectivity index (χ4v) is 17.4. The summed E-state index contributed by atoms with van der Waals surface area (Å²) in [5.41, 5.74) is -7.64. The summed E-state index contributed by atoms with van der Waals surface area (Å²) in [6.45, 7) is 8.13. The Morgan fingerprint density at radius 1 is 0.615 bits per heavy atom. The van der Waals surface area contributed by atoms with Gasteiger partial charge in [-0.2, -0.15) is 0 Å². The van der Waals surface area contributed by atoms with Gasteiger partial charge >= 0.3 is 0 Å². The summed E-state index contributed by atoms with van der Waals surface area (Å²) in [5.74, 6) is -8.63. The molecule has 19 atom stereocenters. The minimum Gasteiger partial charge on any atom is -0.483 e. The molecule has 5 spiro atoms. The van der Waals surface area contributed by atoms with Crippen LogP contribution in [0.5, 0.6) is 0 Å². The van der Waals surface area contributed by atoms with E-state index < -0.39 is 128 Å². The van der Waals surface area contributed by atoms with Gasteiger partial charge in [-0.05, 0) is 92.4 Å². The third-order valence-electron chi connectivity index (χ3n) is 19.1. The van der Waals surface area contributed by atoms with Crippen LogP contribution in [0.3, 0.4) is 0 Å². The highest BCUT2D eigenvalue weighted by atomic mass is 16.7. The zero-order valence-electron chi connectivity index (χ0n) is 30.6. The van der Waals surface area contributed by atoms with Crippen LogP contribution in [0.4, 0.5) is 0 Å². The van der Waals surface area contributed by atoms with E-state index in [9.17, 15) is 40.9 Å². The molecule has 52 heavy (non-hydrogen) atoms. The first-order chi connectivity index (χ1) is 24.3. The first-order valence-electron chi connectivity index (χ1n) is 20.1. The molecule has 0 aromatic rings. The molecule has 13 aliphatic rings. The normalized spacial score (nSPS) is 64.0.